The van der Waals surface area contributed by atoms with E-state index in [1.54, 1.807) is 18.2 Å². The molecule has 2 rings (SSSR count). The van der Waals surface area contributed by atoms with E-state index in [2.05, 4.69) is 6.58 Å². The number of allylic oxidation sites excluding steroid dienone is 2. The number of benzene rings is 1. The van der Waals surface area contributed by atoms with Gasteiger partial charge in [0.1, 0.15) is 5.76 Å². The smallest absolute Gasteiger partial charge is 0.344 e. The monoisotopic (exact) mass is 172 g/mol. The Bertz CT molecular complexity index is 402. The molecule has 1 aliphatic heterocycles. The Hall–Kier alpha value is -1.83. The van der Waals surface area contributed by atoms with Gasteiger partial charge in [-0.3, -0.25) is 0 Å². The zero-order valence-corrected chi connectivity index (χ0v) is 6.99. The molecule has 1 aliphatic rings. The summed E-state index contributed by atoms with van der Waals surface area (Å²) in [5.41, 5.74) is 1.46. The van der Waals surface area contributed by atoms with E-state index in [1.807, 2.05) is 18.2 Å². The van der Waals surface area contributed by atoms with E-state index in [0.717, 1.165) is 5.56 Å². The highest BCUT2D eigenvalue weighted by Gasteiger charge is 2.24. The third-order valence-electron chi connectivity index (χ3n) is 1.88. The predicted octanol–water partition coefficient (Wildman–Crippen LogP) is 2.38. The fourth-order valence-corrected chi connectivity index (χ4v) is 1.32. The van der Waals surface area contributed by atoms with E-state index < -0.39 is 0 Å². The molecule has 2 heteroatoms. The molecule has 2 nitrogen and oxygen atoms in total. The topological polar surface area (TPSA) is 26.3 Å². The highest BCUT2D eigenvalue weighted by Crippen LogP contribution is 2.28. The summed E-state index contributed by atoms with van der Waals surface area (Å²) < 4.78 is 5.02. The minimum absolute atomic E-state index is 0.288. The van der Waals surface area contributed by atoms with Crippen LogP contribution in [-0.2, 0) is 4.74 Å². The molecule has 0 saturated heterocycles. The molecule has 13 heavy (non-hydrogen) atoms. The lowest BCUT2D eigenvalue weighted by molar-refractivity contribution is 0.0716. The molecule has 0 aromatic heterocycles. The molecular weight excluding hydrogens is 164 g/mol. The van der Waals surface area contributed by atoms with Crippen molar-refractivity contribution in [2.45, 2.75) is 0 Å². The van der Waals surface area contributed by atoms with E-state index in [9.17, 15) is 4.79 Å². The first-order valence-corrected chi connectivity index (χ1v) is 3.97. The van der Waals surface area contributed by atoms with E-state index in [0.29, 0.717) is 11.3 Å². The van der Waals surface area contributed by atoms with Gasteiger partial charge >= 0.3 is 5.97 Å². The molecule has 1 heterocycles. The van der Waals surface area contributed by atoms with Crippen LogP contribution in [0.5, 0.6) is 0 Å². The molecule has 1 aromatic carbocycles. The molecule has 0 fully saturated rings. The highest BCUT2D eigenvalue weighted by atomic mass is 16.5. The Kier molecular flexibility index (Phi) is 1.74. The number of hydrogen-bond donors (Lipinski definition) is 0. The molecule has 0 saturated carbocycles. The predicted molar refractivity (Wildman–Crippen MR) is 50.0 cm³/mol. The van der Waals surface area contributed by atoms with Crippen molar-refractivity contribution in [1.29, 1.82) is 0 Å². The van der Waals surface area contributed by atoms with Crippen LogP contribution >= 0.6 is 0 Å². The van der Waals surface area contributed by atoms with Gasteiger partial charge in [0.25, 0.3) is 0 Å². The van der Waals surface area contributed by atoms with Crippen LogP contribution in [-0.4, -0.2) is 5.97 Å². The van der Waals surface area contributed by atoms with Crippen LogP contribution in [0.2, 0.25) is 0 Å². The Morgan fingerprint density at radius 3 is 2.62 bits per heavy atom. The van der Waals surface area contributed by atoms with E-state index in [1.165, 1.54) is 0 Å². The number of cyclic esters (lactones) is 1. The van der Waals surface area contributed by atoms with Gasteiger partial charge in [0.2, 0.25) is 0 Å². The van der Waals surface area contributed by atoms with Crippen molar-refractivity contribution in [3.63, 3.8) is 0 Å². The van der Waals surface area contributed by atoms with Crippen LogP contribution in [0.1, 0.15) is 15.9 Å². The molecule has 0 spiro atoms. The van der Waals surface area contributed by atoms with Crippen molar-refractivity contribution in [3.05, 3.63) is 54.1 Å². The van der Waals surface area contributed by atoms with Crippen LogP contribution in [0.15, 0.2) is 43.0 Å². The fraction of sp³-hybridized carbons (Fsp3) is 0. The summed E-state index contributed by atoms with van der Waals surface area (Å²) in [4.78, 5) is 11.3. The van der Waals surface area contributed by atoms with E-state index >= 15 is 0 Å². The van der Waals surface area contributed by atoms with E-state index in [4.69, 9.17) is 4.74 Å². The van der Waals surface area contributed by atoms with Crippen molar-refractivity contribution in [2.75, 3.05) is 0 Å². The van der Waals surface area contributed by atoms with Gasteiger partial charge in [0.15, 0.2) is 0 Å². The molecule has 0 unspecified atom stereocenters. The van der Waals surface area contributed by atoms with Crippen molar-refractivity contribution in [3.8, 4) is 0 Å². The first-order chi connectivity index (χ1) is 6.33. The average Bonchev–Trinajstić information content (AvgIpc) is 2.46. The fourth-order valence-electron chi connectivity index (χ4n) is 1.32. The molecule has 0 bridgehead atoms. The Labute approximate surface area is 76.1 Å². The SMILES string of the molecule is C=CC=C1OC(=O)c2ccccc21. The molecule has 1 aromatic rings. The van der Waals surface area contributed by atoms with Gasteiger partial charge in [-0.15, -0.1) is 0 Å². The lowest BCUT2D eigenvalue weighted by atomic mass is 10.1. The Balaban J connectivity index is 2.59. The van der Waals surface area contributed by atoms with Gasteiger partial charge in [-0.05, 0) is 12.1 Å². The first kappa shape index (κ1) is 7.80. The minimum atomic E-state index is -0.288. The van der Waals surface area contributed by atoms with Crippen LogP contribution < -0.4 is 0 Å². The van der Waals surface area contributed by atoms with Gasteiger partial charge < -0.3 is 4.74 Å². The molecule has 0 atom stereocenters. The second kappa shape index (κ2) is 2.90. The quantitative estimate of drug-likeness (QED) is 0.608. The third-order valence-corrected chi connectivity index (χ3v) is 1.88. The number of rotatable bonds is 1. The van der Waals surface area contributed by atoms with Gasteiger partial charge in [-0.2, -0.15) is 0 Å². The van der Waals surface area contributed by atoms with Crippen LogP contribution in [0.25, 0.3) is 5.76 Å². The maximum absolute atomic E-state index is 11.3. The lowest BCUT2D eigenvalue weighted by Gasteiger charge is -1.93. The van der Waals surface area contributed by atoms with Crippen LogP contribution in [0.4, 0.5) is 0 Å². The number of fused-ring (bicyclic) bond motifs is 1. The molecule has 0 amide bonds. The normalized spacial score (nSPS) is 16.9. The summed E-state index contributed by atoms with van der Waals surface area (Å²) in [6.45, 7) is 3.55. The van der Waals surface area contributed by atoms with Crippen molar-refractivity contribution >= 4 is 11.7 Å². The van der Waals surface area contributed by atoms with Gasteiger partial charge in [-0.25, -0.2) is 4.79 Å². The van der Waals surface area contributed by atoms with E-state index in [-0.39, 0.29) is 5.97 Å². The largest absolute Gasteiger partial charge is 0.422 e. The van der Waals surface area contributed by atoms with Crippen molar-refractivity contribution < 1.29 is 9.53 Å². The highest BCUT2D eigenvalue weighted by molar-refractivity contribution is 6.03. The zero-order valence-electron chi connectivity index (χ0n) is 6.99. The molecular formula is C11H8O2. The molecule has 64 valence electrons. The number of ether oxygens (including phenoxy) is 1. The van der Waals surface area contributed by atoms with Gasteiger partial charge in [0.05, 0.1) is 5.56 Å². The van der Waals surface area contributed by atoms with Crippen molar-refractivity contribution in [2.24, 2.45) is 0 Å². The number of carbonyl (C=O) groups is 1. The Morgan fingerprint density at radius 1 is 1.23 bits per heavy atom. The summed E-state index contributed by atoms with van der Waals surface area (Å²) in [6, 6.07) is 7.30. The minimum Gasteiger partial charge on any atom is -0.422 e. The van der Waals surface area contributed by atoms with Crippen LogP contribution in [0.3, 0.4) is 0 Å². The van der Waals surface area contributed by atoms with Gasteiger partial charge in [0, 0.05) is 5.56 Å². The third kappa shape index (κ3) is 1.16. The van der Waals surface area contributed by atoms with Gasteiger partial charge in [-0.1, -0.05) is 30.9 Å². The second-order valence-electron chi connectivity index (χ2n) is 2.70. The standard InChI is InChI=1S/C11H8O2/c1-2-5-10-8-6-3-4-7-9(8)11(12)13-10/h2-7H,1H2. The zero-order chi connectivity index (χ0) is 9.26. The molecule has 0 aliphatic carbocycles. The van der Waals surface area contributed by atoms with Crippen LogP contribution in [0, 0.1) is 0 Å². The maximum Gasteiger partial charge on any atom is 0.344 e. The number of hydrogen-bond acceptors (Lipinski definition) is 2. The molecule has 0 radical (unpaired) electrons. The first-order valence-electron chi connectivity index (χ1n) is 3.97. The maximum atomic E-state index is 11.3. The Morgan fingerprint density at radius 2 is 1.92 bits per heavy atom. The second-order valence-corrected chi connectivity index (χ2v) is 2.70. The van der Waals surface area contributed by atoms with Crippen molar-refractivity contribution in [1.82, 2.24) is 0 Å². The lowest BCUT2D eigenvalue weighted by Crippen LogP contribution is -1.92. The number of esters is 1. The summed E-state index contributed by atoms with van der Waals surface area (Å²) in [6.07, 6.45) is 3.29. The summed E-state index contributed by atoms with van der Waals surface area (Å²) in [7, 11) is 0. The summed E-state index contributed by atoms with van der Waals surface area (Å²) in [5.74, 6) is 0.291. The number of carbonyl (C=O) groups excluding carboxylic acids is 1. The summed E-state index contributed by atoms with van der Waals surface area (Å²) >= 11 is 0. The molecule has 0 N–H and O–H groups in total. The summed E-state index contributed by atoms with van der Waals surface area (Å²) in [5, 5.41) is 0. The average molecular weight is 172 g/mol.